The van der Waals surface area contributed by atoms with Gasteiger partial charge in [-0.05, 0) is 60.3 Å². The average Bonchev–Trinajstić information content (AvgIpc) is 3.34. The summed E-state index contributed by atoms with van der Waals surface area (Å²) in [4.78, 5) is 28.1. The Kier molecular flexibility index (Phi) is 7.47. The summed E-state index contributed by atoms with van der Waals surface area (Å²) in [5.41, 5.74) is 2.99. The van der Waals surface area contributed by atoms with Crippen molar-refractivity contribution in [1.82, 2.24) is 0 Å². The van der Waals surface area contributed by atoms with Gasteiger partial charge in [-0.15, -0.1) is 11.3 Å². The summed E-state index contributed by atoms with van der Waals surface area (Å²) in [6.07, 6.45) is 0. The van der Waals surface area contributed by atoms with Crippen molar-refractivity contribution in [2.45, 2.75) is 6.92 Å². The van der Waals surface area contributed by atoms with Gasteiger partial charge in [0.1, 0.15) is 5.75 Å². The molecule has 2 aromatic carbocycles. The zero-order valence-electron chi connectivity index (χ0n) is 18.0. The van der Waals surface area contributed by atoms with Crippen molar-refractivity contribution in [2.75, 3.05) is 41.4 Å². The third-order valence-corrected chi connectivity index (χ3v) is 7.70. The zero-order chi connectivity index (χ0) is 23.4. The number of benzene rings is 2. The minimum atomic E-state index is -0.726. The van der Waals surface area contributed by atoms with Gasteiger partial charge in [-0.3, -0.25) is 13.8 Å². The minimum Gasteiger partial charge on any atom is -0.483 e. The summed E-state index contributed by atoms with van der Waals surface area (Å²) in [7, 11) is -0.726. The van der Waals surface area contributed by atoms with Crippen molar-refractivity contribution < 1.29 is 18.5 Å². The van der Waals surface area contributed by atoms with Gasteiger partial charge in [0.2, 0.25) is 5.78 Å². The van der Waals surface area contributed by atoms with E-state index in [4.69, 9.17) is 16.3 Å². The van der Waals surface area contributed by atoms with Crippen LogP contribution < -0.4 is 15.0 Å². The van der Waals surface area contributed by atoms with Crippen LogP contribution in [-0.2, 0) is 15.6 Å². The molecule has 0 unspecified atom stereocenters. The number of carbonyl (C=O) groups excluding carboxylic acids is 2. The molecular weight excluding hydrogens is 480 g/mol. The van der Waals surface area contributed by atoms with Crippen molar-refractivity contribution in [3.63, 3.8) is 0 Å². The van der Waals surface area contributed by atoms with E-state index in [-0.39, 0.29) is 18.3 Å². The van der Waals surface area contributed by atoms with Crippen LogP contribution in [0.5, 0.6) is 5.75 Å². The molecule has 6 nitrogen and oxygen atoms in total. The fourth-order valence-corrected chi connectivity index (χ4v) is 5.46. The highest BCUT2D eigenvalue weighted by Crippen LogP contribution is 2.28. The number of halogens is 1. The Morgan fingerprint density at radius 2 is 1.94 bits per heavy atom. The molecule has 0 bridgehead atoms. The third kappa shape index (κ3) is 5.82. The molecule has 1 aliphatic heterocycles. The second-order valence-electron chi connectivity index (χ2n) is 7.62. The van der Waals surface area contributed by atoms with E-state index < -0.39 is 10.8 Å². The van der Waals surface area contributed by atoms with Crippen LogP contribution in [0.1, 0.15) is 20.8 Å². The lowest BCUT2D eigenvalue weighted by molar-refractivity contribution is -0.118. The molecule has 1 N–H and O–H groups in total. The standard InChI is InChI=1S/C24H23ClN2O4S2/c1-16-13-18(27-8-11-33(30)12-9-27)5-6-20(16)26-23(28)15-31-21-7-4-17(25)14-19(21)24(29)22-3-2-10-32-22/h2-7,10,13-14H,8-9,11-12,15H2,1H3,(H,26,28). The Bertz CT molecular complexity index is 1190. The predicted octanol–water partition coefficient (Wildman–Crippen LogP) is 4.53. The lowest BCUT2D eigenvalue weighted by Crippen LogP contribution is -2.37. The number of rotatable bonds is 7. The predicted molar refractivity (Wildman–Crippen MR) is 135 cm³/mol. The lowest BCUT2D eigenvalue weighted by atomic mass is 10.1. The molecule has 33 heavy (non-hydrogen) atoms. The van der Waals surface area contributed by atoms with Crippen LogP contribution in [0.3, 0.4) is 0 Å². The number of nitrogens with one attached hydrogen (secondary N) is 1. The number of hydrogen-bond acceptors (Lipinski definition) is 6. The van der Waals surface area contributed by atoms with Gasteiger partial charge in [-0.2, -0.15) is 0 Å². The molecule has 1 saturated heterocycles. The van der Waals surface area contributed by atoms with Crippen molar-refractivity contribution >= 4 is 56.8 Å². The van der Waals surface area contributed by atoms with E-state index in [1.165, 1.54) is 11.3 Å². The van der Waals surface area contributed by atoms with Gasteiger partial charge < -0.3 is 15.0 Å². The minimum absolute atomic E-state index is 0.198. The first-order valence-corrected chi connectivity index (χ1v) is 13.2. The first-order chi connectivity index (χ1) is 15.9. The Morgan fingerprint density at radius 1 is 1.15 bits per heavy atom. The molecule has 2 heterocycles. The van der Waals surface area contributed by atoms with E-state index in [1.54, 1.807) is 30.3 Å². The maximum atomic E-state index is 12.8. The Morgan fingerprint density at radius 3 is 2.64 bits per heavy atom. The lowest BCUT2D eigenvalue weighted by Gasteiger charge is -2.29. The van der Waals surface area contributed by atoms with E-state index in [9.17, 15) is 13.8 Å². The van der Waals surface area contributed by atoms with Crippen LogP contribution in [-0.4, -0.2) is 47.1 Å². The topological polar surface area (TPSA) is 75.7 Å². The molecule has 0 radical (unpaired) electrons. The molecule has 3 aromatic rings. The second-order valence-corrected chi connectivity index (χ2v) is 10.7. The third-order valence-electron chi connectivity index (χ3n) is 5.32. The molecule has 0 aliphatic carbocycles. The highest BCUT2D eigenvalue weighted by molar-refractivity contribution is 7.85. The molecule has 0 atom stereocenters. The summed E-state index contributed by atoms with van der Waals surface area (Å²) >= 11 is 7.42. The number of anilines is 2. The van der Waals surface area contributed by atoms with Gasteiger partial charge in [0.25, 0.3) is 5.91 Å². The molecule has 9 heteroatoms. The molecule has 1 aromatic heterocycles. The van der Waals surface area contributed by atoms with Gasteiger partial charge in [-0.1, -0.05) is 17.7 Å². The molecular formula is C24H23ClN2O4S2. The maximum absolute atomic E-state index is 12.8. The van der Waals surface area contributed by atoms with E-state index >= 15 is 0 Å². The number of ether oxygens (including phenoxy) is 1. The van der Waals surface area contributed by atoms with E-state index in [1.807, 2.05) is 30.5 Å². The van der Waals surface area contributed by atoms with Crippen molar-refractivity contribution in [3.8, 4) is 5.75 Å². The van der Waals surface area contributed by atoms with Crippen LogP contribution in [0, 0.1) is 6.92 Å². The monoisotopic (exact) mass is 502 g/mol. The summed E-state index contributed by atoms with van der Waals surface area (Å²) in [6.45, 7) is 3.21. The average molecular weight is 503 g/mol. The zero-order valence-corrected chi connectivity index (χ0v) is 20.4. The number of amides is 1. The molecule has 1 amide bonds. The van der Waals surface area contributed by atoms with Gasteiger partial charge in [-0.25, -0.2) is 0 Å². The molecule has 4 rings (SSSR count). The Labute approximate surface area is 204 Å². The highest BCUT2D eigenvalue weighted by atomic mass is 35.5. The van der Waals surface area contributed by atoms with Crippen LogP contribution in [0.25, 0.3) is 0 Å². The van der Waals surface area contributed by atoms with Crippen LogP contribution in [0.2, 0.25) is 5.02 Å². The molecule has 0 spiro atoms. The Balaban J connectivity index is 1.40. The molecule has 1 aliphatic rings. The first-order valence-electron chi connectivity index (χ1n) is 10.4. The van der Waals surface area contributed by atoms with Crippen molar-refractivity contribution in [2.24, 2.45) is 0 Å². The molecule has 1 fully saturated rings. The van der Waals surface area contributed by atoms with Crippen LogP contribution in [0.4, 0.5) is 11.4 Å². The SMILES string of the molecule is Cc1cc(N2CCS(=O)CC2)ccc1NC(=O)COc1ccc(Cl)cc1C(=O)c1cccs1. The van der Waals surface area contributed by atoms with E-state index in [0.29, 0.717) is 38.4 Å². The van der Waals surface area contributed by atoms with Crippen molar-refractivity contribution in [3.05, 3.63) is 74.9 Å². The summed E-state index contributed by atoms with van der Waals surface area (Å²) < 4.78 is 17.3. The number of nitrogens with zero attached hydrogens (tertiary/aromatic N) is 1. The number of thiophene rings is 1. The second kappa shape index (κ2) is 10.5. The molecule has 0 saturated carbocycles. The van der Waals surface area contributed by atoms with Crippen molar-refractivity contribution in [1.29, 1.82) is 0 Å². The fourth-order valence-electron chi connectivity index (χ4n) is 3.56. The smallest absolute Gasteiger partial charge is 0.262 e. The van der Waals surface area contributed by atoms with Crippen LogP contribution in [0.15, 0.2) is 53.9 Å². The van der Waals surface area contributed by atoms with Gasteiger partial charge in [0.15, 0.2) is 6.61 Å². The van der Waals surface area contributed by atoms with Gasteiger partial charge in [0.05, 0.1) is 10.4 Å². The summed E-state index contributed by atoms with van der Waals surface area (Å²) in [5.74, 6) is 1.13. The Hall–Kier alpha value is -2.68. The fraction of sp³-hybridized carbons (Fsp3) is 0.250. The number of hydrogen-bond donors (Lipinski definition) is 1. The molecule has 172 valence electrons. The largest absolute Gasteiger partial charge is 0.483 e. The maximum Gasteiger partial charge on any atom is 0.262 e. The highest BCUT2D eigenvalue weighted by Gasteiger charge is 2.19. The van der Waals surface area contributed by atoms with Gasteiger partial charge in [0, 0.05) is 51.8 Å². The quantitative estimate of drug-likeness (QED) is 0.480. The first kappa shape index (κ1) is 23.5. The number of ketones is 1. The van der Waals surface area contributed by atoms with Gasteiger partial charge >= 0.3 is 0 Å². The normalized spacial score (nSPS) is 14.2. The summed E-state index contributed by atoms with van der Waals surface area (Å²) in [6, 6.07) is 14.1. The summed E-state index contributed by atoms with van der Waals surface area (Å²) in [5, 5.41) is 5.11. The number of carbonyl (C=O) groups is 2. The van der Waals surface area contributed by atoms with E-state index in [2.05, 4.69) is 10.2 Å². The number of aryl methyl sites for hydroxylation is 1. The van der Waals surface area contributed by atoms with E-state index in [0.717, 1.165) is 24.3 Å². The van der Waals surface area contributed by atoms with Crippen LogP contribution >= 0.6 is 22.9 Å².